The van der Waals surface area contributed by atoms with Gasteiger partial charge in [-0.25, -0.2) is 4.98 Å². The lowest BCUT2D eigenvalue weighted by molar-refractivity contribution is 0.0924. The van der Waals surface area contributed by atoms with E-state index in [1.165, 1.54) is 24.8 Å². The molecule has 1 saturated heterocycles. The normalized spacial score (nSPS) is 15.2. The summed E-state index contributed by atoms with van der Waals surface area (Å²) >= 11 is 0. The summed E-state index contributed by atoms with van der Waals surface area (Å²) in [5.41, 5.74) is 4.83. The number of hydrogen-bond acceptors (Lipinski definition) is 4. The Bertz CT molecular complexity index is 1240. The van der Waals surface area contributed by atoms with E-state index in [1.54, 1.807) is 7.11 Å². The van der Waals surface area contributed by atoms with E-state index >= 15 is 0 Å². The molecule has 6 heteroatoms. The van der Waals surface area contributed by atoms with E-state index in [4.69, 9.17) is 4.74 Å². The first-order valence-electron chi connectivity index (χ1n) is 11.9. The fourth-order valence-corrected chi connectivity index (χ4v) is 4.74. The van der Waals surface area contributed by atoms with Crippen LogP contribution in [0.3, 0.4) is 0 Å². The van der Waals surface area contributed by atoms with Gasteiger partial charge in [0, 0.05) is 17.8 Å². The third-order valence-corrected chi connectivity index (χ3v) is 6.65. The number of nitrogens with one attached hydrogen (secondary N) is 1. The van der Waals surface area contributed by atoms with E-state index in [9.17, 15) is 4.79 Å². The quantitative estimate of drug-likeness (QED) is 0.427. The molecule has 4 aromatic rings. The van der Waals surface area contributed by atoms with Crippen LogP contribution in [0.15, 0.2) is 79.1 Å². The Morgan fingerprint density at radius 2 is 1.71 bits per heavy atom. The van der Waals surface area contributed by atoms with Gasteiger partial charge < -0.3 is 10.1 Å². The number of hydrogen-bond donors (Lipinski definition) is 1. The monoisotopic (exact) mass is 454 g/mol. The van der Waals surface area contributed by atoms with Crippen LogP contribution in [0.25, 0.3) is 16.7 Å². The second kappa shape index (κ2) is 10.1. The van der Waals surface area contributed by atoms with Crippen LogP contribution in [0, 0.1) is 0 Å². The van der Waals surface area contributed by atoms with Crippen molar-refractivity contribution in [2.45, 2.75) is 25.3 Å². The summed E-state index contributed by atoms with van der Waals surface area (Å²) in [6.45, 7) is 2.68. The maximum Gasteiger partial charge on any atom is 0.251 e. The second-order valence-corrected chi connectivity index (χ2v) is 8.75. The largest absolute Gasteiger partial charge is 0.497 e. The summed E-state index contributed by atoms with van der Waals surface area (Å²) in [5.74, 6) is 0.786. The molecule has 3 aromatic carbocycles. The van der Waals surface area contributed by atoms with Crippen molar-refractivity contribution in [1.29, 1.82) is 0 Å². The summed E-state index contributed by atoms with van der Waals surface area (Å²) in [6.07, 6.45) is 5.49. The van der Waals surface area contributed by atoms with Crippen molar-refractivity contribution in [3.05, 3.63) is 90.3 Å². The predicted octanol–water partition coefficient (Wildman–Crippen LogP) is 4.99. The zero-order valence-corrected chi connectivity index (χ0v) is 19.5. The Morgan fingerprint density at radius 3 is 2.44 bits per heavy atom. The van der Waals surface area contributed by atoms with Gasteiger partial charge in [0.1, 0.15) is 12.1 Å². The van der Waals surface area contributed by atoms with Gasteiger partial charge in [-0.2, -0.15) is 0 Å². The Kier molecular flexibility index (Phi) is 6.58. The zero-order valence-electron chi connectivity index (χ0n) is 19.5. The van der Waals surface area contributed by atoms with E-state index < -0.39 is 0 Å². The number of carbonyl (C=O) groups excluding carboxylic acids is 1. The van der Waals surface area contributed by atoms with Crippen LogP contribution in [0.1, 0.15) is 41.2 Å². The SMILES string of the molecule is COc1ccc(C(CNC(=O)c2ccc(-n3cnc4ccccc43)cc2)N2CCCCC2)cc1. The van der Waals surface area contributed by atoms with Gasteiger partial charge in [-0.05, 0) is 80.0 Å². The molecule has 0 spiro atoms. The van der Waals surface area contributed by atoms with Crippen molar-refractivity contribution in [2.24, 2.45) is 0 Å². The molecule has 174 valence electrons. The number of rotatable bonds is 7. The molecule has 1 atom stereocenters. The number of amides is 1. The fraction of sp³-hybridized carbons (Fsp3) is 0.286. The molecule has 2 heterocycles. The van der Waals surface area contributed by atoms with Crippen molar-refractivity contribution < 1.29 is 9.53 Å². The number of benzene rings is 3. The molecule has 1 fully saturated rings. The van der Waals surface area contributed by atoms with E-state index in [-0.39, 0.29) is 11.9 Å². The number of aromatic nitrogens is 2. The van der Waals surface area contributed by atoms with Crippen LogP contribution in [0.4, 0.5) is 0 Å². The van der Waals surface area contributed by atoms with Crippen molar-refractivity contribution in [3.63, 3.8) is 0 Å². The summed E-state index contributed by atoms with van der Waals surface area (Å²) in [4.78, 5) is 19.9. The predicted molar refractivity (Wildman–Crippen MR) is 135 cm³/mol. The first kappa shape index (κ1) is 22.2. The molecule has 0 aliphatic carbocycles. The Hall–Kier alpha value is -3.64. The number of likely N-dealkylation sites (tertiary alicyclic amines) is 1. The van der Waals surface area contributed by atoms with Crippen molar-refractivity contribution in [2.75, 3.05) is 26.7 Å². The molecular formula is C28H30N4O2. The molecule has 0 bridgehead atoms. The molecule has 0 saturated carbocycles. The summed E-state index contributed by atoms with van der Waals surface area (Å²) < 4.78 is 7.36. The Balaban J connectivity index is 1.29. The van der Waals surface area contributed by atoms with Crippen LogP contribution in [-0.2, 0) is 0 Å². The average Bonchev–Trinajstić information content (AvgIpc) is 3.34. The lowest BCUT2D eigenvalue weighted by Crippen LogP contribution is -2.40. The highest BCUT2D eigenvalue weighted by Crippen LogP contribution is 2.26. The summed E-state index contributed by atoms with van der Waals surface area (Å²) in [6, 6.07) is 24.1. The maximum atomic E-state index is 13.0. The lowest BCUT2D eigenvalue weighted by Gasteiger charge is -2.35. The minimum absolute atomic E-state index is 0.0578. The highest BCUT2D eigenvalue weighted by Gasteiger charge is 2.23. The van der Waals surface area contributed by atoms with E-state index in [0.29, 0.717) is 12.1 Å². The molecule has 1 unspecified atom stereocenters. The number of carbonyl (C=O) groups is 1. The zero-order chi connectivity index (χ0) is 23.3. The molecule has 1 N–H and O–H groups in total. The van der Waals surface area contributed by atoms with Gasteiger partial charge in [-0.3, -0.25) is 14.3 Å². The van der Waals surface area contributed by atoms with E-state index in [2.05, 4.69) is 27.3 Å². The number of imidazole rings is 1. The van der Waals surface area contributed by atoms with Crippen molar-refractivity contribution in [3.8, 4) is 11.4 Å². The standard InChI is InChI=1S/C28H30N4O2/c1-34-24-15-11-21(12-16-24)27(31-17-5-2-6-18-31)19-29-28(33)22-9-13-23(14-10-22)32-20-30-25-7-3-4-8-26(25)32/h3-4,7-16,20,27H,2,5-6,17-19H2,1H3,(H,29,33). The van der Waals surface area contributed by atoms with Crippen LogP contribution < -0.4 is 10.1 Å². The molecule has 5 rings (SSSR count). The van der Waals surface area contributed by atoms with E-state index in [1.807, 2.05) is 71.6 Å². The number of nitrogens with zero attached hydrogens (tertiary/aromatic N) is 3. The molecule has 1 aromatic heterocycles. The molecule has 1 aliphatic rings. The van der Waals surface area contributed by atoms with Crippen molar-refractivity contribution in [1.82, 2.24) is 19.8 Å². The van der Waals surface area contributed by atoms with Gasteiger partial charge in [-0.1, -0.05) is 30.7 Å². The average molecular weight is 455 g/mol. The van der Waals surface area contributed by atoms with Gasteiger partial charge in [0.15, 0.2) is 0 Å². The summed E-state index contributed by atoms with van der Waals surface area (Å²) in [5, 5.41) is 3.18. The van der Waals surface area contributed by atoms with Crippen LogP contribution >= 0.6 is 0 Å². The number of methoxy groups -OCH3 is 1. The first-order chi connectivity index (χ1) is 16.7. The van der Waals surface area contributed by atoms with Crippen LogP contribution in [-0.4, -0.2) is 47.1 Å². The van der Waals surface area contributed by atoms with Crippen molar-refractivity contribution >= 4 is 16.9 Å². The minimum Gasteiger partial charge on any atom is -0.497 e. The topological polar surface area (TPSA) is 59.4 Å². The molecule has 1 amide bonds. The lowest BCUT2D eigenvalue weighted by atomic mass is 10.0. The number of ether oxygens (including phenoxy) is 1. The van der Waals surface area contributed by atoms with Gasteiger partial charge in [-0.15, -0.1) is 0 Å². The fourth-order valence-electron chi connectivity index (χ4n) is 4.74. The first-order valence-corrected chi connectivity index (χ1v) is 11.9. The number of fused-ring (bicyclic) bond motifs is 1. The molecule has 6 nitrogen and oxygen atoms in total. The Morgan fingerprint density at radius 1 is 0.971 bits per heavy atom. The third kappa shape index (κ3) is 4.68. The van der Waals surface area contributed by atoms with Gasteiger partial charge in [0.2, 0.25) is 0 Å². The number of para-hydroxylation sites is 2. The van der Waals surface area contributed by atoms with Gasteiger partial charge >= 0.3 is 0 Å². The highest BCUT2D eigenvalue weighted by atomic mass is 16.5. The van der Waals surface area contributed by atoms with Crippen LogP contribution in [0.2, 0.25) is 0 Å². The van der Waals surface area contributed by atoms with Crippen LogP contribution in [0.5, 0.6) is 5.75 Å². The molecule has 0 radical (unpaired) electrons. The molecular weight excluding hydrogens is 424 g/mol. The highest BCUT2D eigenvalue weighted by molar-refractivity contribution is 5.94. The van der Waals surface area contributed by atoms with Gasteiger partial charge in [0.05, 0.1) is 24.2 Å². The number of piperidine rings is 1. The minimum atomic E-state index is -0.0578. The van der Waals surface area contributed by atoms with E-state index in [0.717, 1.165) is 35.6 Å². The Labute approximate surface area is 200 Å². The summed E-state index contributed by atoms with van der Waals surface area (Å²) in [7, 11) is 1.68. The smallest absolute Gasteiger partial charge is 0.251 e. The maximum absolute atomic E-state index is 13.0. The molecule has 34 heavy (non-hydrogen) atoms. The molecule has 1 aliphatic heterocycles. The third-order valence-electron chi connectivity index (χ3n) is 6.65. The van der Waals surface area contributed by atoms with Gasteiger partial charge in [0.25, 0.3) is 5.91 Å². The second-order valence-electron chi connectivity index (χ2n) is 8.75.